The number of benzene rings is 1. The molecule has 0 saturated heterocycles. The van der Waals surface area contributed by atoms with Gasteiger partial charge in [-0.2, -0.15) is 0 Å². The number of rotatable bonds is 7. The van der Waals surface area contributed by atoms with Gasteiger partial charge >= 0.3 is 0 Å². The minimum atomic E-state index is -1.41. The normalized spacial score (nSPS) is 18.3. The second-order valence-corrected chi connectivity index (χ2v) is 14.3. The Labute approximate surface area is 138 Å². The molecule has 2 heteroatoms. The molecule has 2 rings (SSSR count). The highest BCUT2D eigenvalue weighted by atomic mass is 28.3. The third-order valence-corrected chi connectivity index (χ3v) is 9.43. The first-order chi connectivity index (χ1) is 10.0. The molecule has 1 nitrogen and oxygen atoms in total. The van der Waals surface area contributed by atoms with Crippen molar-refractivity contribution in [2.24, 2.45) is 16.2 Å². The van der Waals surface area contributed by atoms with Gasteiger partial charge < -0.3 is 5.11 Å². The largest absolute Gasteiger partial charge is 0.396 e. The summed E-state index contributed by atoms with van der Waals surface area (Å²) in [7, 11) is -1.41. The first-order valence-corrected chi connectivity index (χ1v) is 11.9. The van der Waals surface area contributed by atoms with Gasteiger partial charge in [0.1, 0.15) is 0 Å². The summed E-state index contributed by atoms with van der Waals surface area (Å²) in [5.41, 5.74) is 0.820. The van der Waals surface area contributed by atoms with E-state index >= 15 is 0 Å². The van der Waals surface area contributed by atoms with Crippen LogP contribution >= 0.6 is 0 Å². The van der Waals surface area contributed by atoms with Gasteiger partial charge in [0.05, 0.1) is 8.07 Å². The summed E-state index contributed by atoms with van der Waals surface area (Å²) in [6.45, 7) is 14.6. The standard InChI is InChI=1S/C20H34OSi/c1-18(2,15-21)14-19(3,4)20(12-13-20)16-22(5,6)17-10-8-7-9-11-17/h7-11,21H,12-16H2,1-6H3. The van der Waals surface area contributed by atoms with E-state index in [1.54, 1.807) is 5.19 Å². The van der Waals surface area contributed by atoms with Crippen molar-refractivity contribution in [1.29, 1.82) is 0 Å². The second kappa shape index (κ2) is 5.79. The van der Waals surface area contributed by atoms with Crippen LogP contribution in [0.15, 0.2) is 30.3 Å². The Morgan fingerprint density at radius 3 is 2.05 bits per heavy atom. The van der Waals surface area contributed by atoms with Gasteiger partial charge in [0, 0.05) is 6.61 Å². The number of hydrogen-bond acceptors (Lipinski definition) is 1. The zero-order valence-corrected chi connectivity index (χ0v) is 16.4. The monoisotopic (exact) mass is 318 g/mol. The Morgan fingerprint density at radius 1 is 1.05 bits per heavy atom. The summed E-state index contributed by atoms with van der Waals surface area (Å²) in [6, 6.07) is 12.5. The fourth-order valence-electron chi connectivity index (χ4n) is 4.52. The molecule has 1 N–H and O–H groups in total. The van der Waals surface area contributed by atoms with E-state index in [1.807, 2.05) is 0 Å². The molecule has 1 aromatic rings. The molecule has 0 aromatic heterocycles. The lowest BCUT2D eigenvalue weighted by Crippen LogP contribution is -2.46. The fourth-order valence-corrected chi connectivity index (χ4v) is 8.34. The van der Waals surface area contributed by atoms with Crippen LogP contribution in [0.5, 0.6) is 0 Å². The molecule has 0 aliphatic heterocycles. The van der Waals surface area contributed by atoms with E-state index in [2.05, 4.69) is 71.1 Å². The van der Waals surface area contributed by atoms with Crippen LogP contribution in [-0.2, 0) is 0 Å². The SMILES string of the molecule is CC(C)(CO)CC(C)(C)C1(C[Si](C)(C)c2ccccc2)CC1. The molecule has 1 aliphatic rings. The molecule has 0 heterocycles. The quantitative estimate of drug-likeness (QED) is 0.715. The van der Waals surface area contributed by atoms with E-state index in [-0.39, 0.29) is 12.0 Å². The lowest BCUT2D eigenvalue weighted by Gasteiger charge is -2.43. The minimum absolute atomic E-state index is 0.0253. The van der Waals surface area contributed by atoms with Crippen LogP contribution in [0.25, 0.3) is 0 Å². The summed E-state index contributed by atoms with van der Waals surface area (Å²) >= 11 is 0. The lowest BCUT2D eigenvalue weighted by molar-refractivity contribution is 0.0654. The number of aliphatic hydroxyl groups is 1. The van der Waals surface area contributed by atoms with Crippen LogP contribution in [0, 0.1) is 16.2 Å². The van der Waals surface area contributed by atoms with E-state index < -0.39 is 8.07 Å². The van der Waals surface area contributed by atoms with Crippen LogP contribution in [0.3, 0.4) is 0 Å². The van der Waals surface area contributed by atoms with E-state index in [0.717, 1.165) is 6.42 Å². The molecule has 22 heavy (non-hydrogen) atoms. The topological polar surface area (TPSA) is 20.2 Å². The molecular weight excluding hydrogens is 284 g/mol. The molecule has 0 unspecified atom stereocenters. The zero-order chi connectivity index (χ0) is 16.6. The third-order valence-electron chi connectivity index (χ3n) is 5.97. The summed E-state index contributed by atoms with van der Waals surface area (Å²) < 4.78 is 0. The maximum atomic E-state index is 9.66. The number of aliphatic hydroxyl groups excluding tert-OH is 1. The summed E-state index contributed by atoms with van der Waals surface area (Å²) in [5, 5.41) is 11.2. The van der Waals surface area contributed by atoms with Crippen molar-refractivity contribution in [3.8, 4) is 0 Å². The van der Waals surface area contributed by atoms with Crippen molar-refractivity contribution in [3.05, 3.63) is 30.3 Å². The smallest absolute Gasteiger partial charge is 0.0811 e. The highest BCUT2D eigenvalue weighted by Gasteiger charge is 2.57. The molecule has 0 atom stereocenters. The molecule has 1 fully saturated rings. The average Bonchev–Trinajstić information content (AvgIpc) is 3.19. The maximum absolute atomic E-state index is 9.66. The molecule has 1 saturated carbocycles. The Hall–Kier alpha value is -0.603. The van der Waals surface area contributed by atoms with Gasteiger partial charge in [-0.15, -0.1) is 0 Å². The summed E-state index contributed by atoms with van der Waals surface area (Å²) in [4.78, 5) is 0. The van der Waals surface area contributed by atoms with Gasteiger partial charge in [0.15, 0.2) is 0 Å². The van der Waals surface area contributed by atoms with Crippen molar-refractivity contribution >= 4 is 13.3 Å². The van der Waals surface area contributed by atoms with Crippen LogP contribution < -0.4 is 5.19 Å². The highest BCUT2D eigenvalue weighted by Crippen LogP contribution is 2.65. The summed E-state index contributed by atoms with van der Waals surface area (Å²) in [6.07, 6.45) is 3.84. The zero-order valence-electron chi connectivity index (χ0n) is 15.4. The van der Waals surface area contributed by atoms with E-state index in [0.29, 0.717) is 10.8 Å². The van der Waals surface area contributed by atoms with Gasteiger partial charge in [0.2, 0.25) is 0 Å². The van der Waals surface area contributed by atoms with E-state index in [9.17, 15) is 5.11 Å². The van der Waals surface area contributed by atoms with Gasteiger partial charge in [-0.05, 0) is 41.6 Å². The van der Waals surface area contributed by atoms with Gasteiger partial charge in [0.25, 0.3) is 0 Å². The molecule has 1 aliphatic carbocycles. The summed E-state index contributed by atoms with van der Waals surface area (Å²) in [5.74, 6) is 0. The van der Waals surface area contributed by atoms with Crippen LogP contribution in [-0.4, -0.2) is 19.8 Å². The van der Waals surface area contributed by atoms with Gasteiger partial charge in [-0.3, -0.25) is 0 Å². The molecule has 0 bridgehead atoms. The Bertz CT molecular complexity index is 498. The molecule has 124 valence electrons. The van der Waals surface area contributed by atoms with Crippen LogP contribution in [0.4, 0.5) is 0 Å². The Kier molecular flexibility index (Phi) is 4.67. The average molecular weight is 319 g/mol. The van der Waals surface area contributed by atoms with Crippen LogP contribution in [0.2, 0.25) is 19.1 Å². The minimum Gasteiger partial charge on any atom is -0.396 e. The van der Waals surface area contributed by atoms with Crippen molar-refractivity contribution in [2.75, 3.05) is 6.61 Å². The molecular formula is C20H34OSi. The fraction of sp³-hybridized carbons (Fsp3) is 0.700. The third kappa shape index (κ3) is 3.65. The van der Waals surface area contributed by atoms with Crippen molar-refractivity contribution < 1.29 is 5.11 Å². The lowest BCUT2D eigenvalue weighted by atomic mass is 9.67. The first kappa shape index (κ1) is 17.7. The van der Waals surface area contributed by atoms with Crippen LogP contribution in [0.1, 0.15) is 47.0 Å². The first-order valence-electron chi connectivity index (χ1n) is 8.70. The predicted molar refractivity (Wildman–Crippen MR) is 99.3 cm³/mol. The molecule has 0 amide bonds. The highest BCUT2D eigenvalue weighted by molar-refractivity contribution is 6.89. The van der Waals surface area contributed by atoms with Crippen molar-refractivity contribution in [2.45, 2.75) is 66.1 Å². The predicted octanol–water partition coefficient (Wildman–Crippen LogP) is 4.82. The Morgan fingerprint density at radius 2 is 1.59 bits per heavy atom. The van der Waals surface area contributed by atoms with Crippen molar-refractivity contribution in [1.82, 2.24) is 0 Å². The molecule has 0 spiro atoms. The number of hydrogen-bond donors (Lipinski definition) is 1. The van der Waals surface area contributed by atoms with Gasteiger partial charge in [-0.25, -0.2) is 0 Å². The van der Waals surface area contributed by atoms with Crippen molar-refractivity contribution in [3.63, 3.8) is 0 Å². The second-order valence-electron chi connectivity index (χ2n) is 9.59. The van der Waals surface area contributed by atoms with Gasteiger partial charge in [-0.1, -0.05) is 76.3 Å². The van der Waals surface area contributed by atoms with E-state index in [4.69, 9.17) is 0 Å². The molecule has 0 radical (unpaired) electrons. The maximum Gasteiger partial charge on any atom is 0.0811 e. The van der Waals surface area contributed by atoms with E-state index in [1.165, 1.54) is 18.9 Å². The molecule has 1 aromatic carbocycles. The Balaban J connectivity index is 2.18.